The Hall–Kier alpha value is -1.33. The summed E-state index contributed by atoms with van der Waals surface area (Å²) in [5, 5.41) is 0. The quantitative estimate of drug-likeness (QED) is 0.579. The molecule has 0 amide bonds. The van der Waals surface area contributed by atoms with Gasteiger partial charge in [0, 0.05) is 9.13 Å². The van der Waals surface area contributed by atoms with Gasteiger partial charge in [0.1, 0.15) is 18.5 Å². The molecular weight excluding hydrogens is 363 g/mol. The van der Waals surface area contributed by atoms with E-state index in [4.69, 9.17) is 9.47 Å². The maximum atomic E-state index is 6.08. The molecule has 1 atom stereocenters. The van der Waals surface area contributed by atoms with Crippen LogP contribution in [0, 0.1) is 3.57 Å². The summed E-state index contributed by atoms with van der Waals surface area (Å²) in [5.41, 5.74) is 2.30. The lowest BCUT2D eigenvalue weighted by atomic mass is 10.1. The Morgan fingerprint density at radius 3 is 2.80 bits per heavy atom. The van der Waals surface area contributed by atoms with E-state index in [-0.39, 0.29) is 6.10 Å². The van der Waals surface area contributed by atoms with E-state index >= 15 is 0 Å². The van der Waals surface area contributed by atoms with Gasteiger partial charge in [-0.3, -0.25) is 0 Å². The molecule has 2 aromatic carbocycles. The van der Waals surface area contributed by atoms with Gasteiger partial charge < -0.3 is 9.47 Å². The zero-order valence-corrected chi connectivity index (χ0v) is 13.1. The van der Waals surface area contributed by atoms with Gasteiger partial charge in [0.2, 0.25) is 0 Å². The summed E-state index contributed by atoms with van der Waals surface area (Å²) in [5.74, 6) is 0.908. The van der Waals surface area contributed by atoms with Crippen LogP contribution < -0.4 is 4.74 Å². The molecule has 0 fully saturated rings. The van der Waals surface area contributed by atoms with Gasteiger partial charge in [-0.1, -0.05) is 42.5 Å². The Balaban J connectivity index is 1.79. The van der Waals surface area contributed by atoms with E-state index in [1.807, 2.05) is 36.4 Å². The second kappa shape index (κ2) is 6.41. The van der Waals surface area contributed by atoms with E-state index in [9.17, 15) is 0 Å². The molecule has 1 heterocycles. The van der Waals surface area contributed by atoms with Crippen molar-refractivity contribution >= 4 is 22.6 Å². The second-order valence-corrected chi connectivity index (χ2v) is 5.76. The van der Waals surface area contributed by atoms with E-state index in [1.54, 1.807) is 0 Å². The Kier molecular flexibility index (Phi) is 4.38. The van der Waals surface area contributed by atoms with E-state index < -0.39 is 0 Å². The molecule has 1 aliphatic rings. The highest BCUT2D eigenvalue weighted by Gasteiger charge is 2.16. The third kappa shape index (κ3) is 3.04. The molecule has 3 heteroatoms. The summed E-state index contributed by atoms with van der Waals surface area (Å²) in [4.78, 5) is 0. The number of hydrogen-bond acceptors (Lipinski definition) is 2. The fourth-order valence-corrected chi connectivity index (χ4v) is 2.75. The normalized spacial score (nSPS) is 17.1. The molecule has 0 spiro atoms. The van der Waals surface area contributed by atoms with Crippen molar-refractivity contribution in [3.63, 3.8) is 0 Å². The molecule has 3 rings (SSSR count). The summed E-state index contributed by atoms with van der Waals surface area (Å²) in [6.07, 6.45) is 4.03. The number of halogens is 1. The van der Waals surface area contributed by atoms with Crippen LogP contribution in [0.4, 0.5) is 0 Å². The predicted octanol–water partition coefficient (Wildman–Crippen LogP) is 4.50. The van der Waals surface area contributed by atoms with E-state index in [2.05, 4.69) is 46.9 Å². The highest BCUT2D eigenvalue weighted by Crippen LogP contribution is 2.31. The molecule has 0 radical (unpaired) electrons. The molecule has 1 unspecified atom stereocenters. The summed E-state index contributed by atoms with van der Waals surface area (Å²) in [7, 11) is 0. The molecule has 2 nitrogen and oxygen atoms in total. The molecule has 0 aliphatic carbocycles. The van der Waals surface area contributed by atoms with Crippen LogP contribution in [0.3, 0.4) is 0 Å². The minimum absolute atomic E-state index is 0.0512. The summed E-state index contributed by atoms with van der Waals surface area (Å²) < 4.78 is 13.0. The van der Waals surface area contributed by atoms with Crippen LogP contribution in [-0.2, 0) is 11.3 Å². The van der Waals surface area contributed by atoms with Crippen LogP contribution in [-0.4, -0.2) is 6.61 Å². The SMILES string of the molecule is Ic1ccccc1COC1C=CCOc2ccccc21. The number of fused-ring (bicyclic) bond motifs is 1. The van der Waals surface area contributed by atoms with Gasteiger partial charge in [-0.2, -0.15) is 0 Å². The molecule has 102 valence electrons. The molecule has 0 bridgehead atoms. The van der Waals surface area contributed by atoms with E-state index in [1.165, 1.54) is 9.13 Å². The second-order valence-electron chi connectivity index (χ2n) is 4.60. The van der Waals surface area contributed by atoms with Crippen LogP contribution in [0.5, 0.6) is 5.75 Å². The predicted molar refractivity (Wildman–Crippen MR) is 87.8 cm³/mol. The highest BCUT2D eigenvalue weighted by molar-refractivity contribution is 14.1. The third-order valence-electron chi connectivity index (χ3n) is 3.25. The lowest BCUT2D eigenvalue weighted by Gasteiger charge is -2.16. The summed E-state index contributed by atoms with van der Waals surface area (Å²) in [6.45, 7) is 1.20. The Bertz CT molecular complexity index is 622. The van der Waals surface area contributed by atoms with Gasteiger partial charge in [0.15, 0.2) is 0 Å². The molecular formula is C17H15IO2. The zero-order chi connectivity index (χ0) is 13.8. The highest BCUT2D eigenvalue weighted by atomic mass is 127. The van der Waals surface area contributed by atoms with Crippen molar-refractivity contribution in [2.45, 2.75) is 12.7 Å². The first-order valence-corrected chi connectivity index (χ1v) is 7.66. The van der Waals surface area contributed by atoms with Crippen molar-refractivity contribution in [1.82, 2.24) is 0 Å². The van der Waals surface area contributed by atoms with Gasteiger partial charge in [-0.05, 0) is 46.4 Å². The number of ether oxygens (including phenoxy) is 2. The van der Waals surface area contributed by atoms with Crippen LogP contribution in [0.1, 0.15) is 17.2 Å². The average Bonchev–Trinajstić information content (AvgIpc) is 2.69. The fraction of sp³-hybridized carbons (Fsp3) is 0.176. The maximum Gasteiger partial charge on any atom is 0.125 e. The van der Waals surface area contributed by atoms with Crippen molar-refractivity contribution < 1.29 is 9.47 Å². The smallest absolute Gasteiger partial charge is 0.125 e. The minimum Gasteiger partial charge on any atom is -0.489 e. The number of rotatable bonds is 3. The topological polar surface area (TPSA) is 18.5 Å². The van der Waals surface area contributed by atoms with Crippen molar-refractivity contribution in [2.24, 2.45) is 0 Å². The molecule has 1 aliphatic heterocycles. The molecule has 0 saturated carbocycles. The first-order chi connectivity index (χ1) is 9.84. The minimum atomic E-state index is -0.0512. The van der Waals surface area contributed by atoms with Crippen molar-refractivity contribution in [3.8, 4) is 5.75 Å². The largest absolute Gasteiger partial charge is 0.489 e. The van der Waals surface area contributed by atoms with Crippen LogP contribution in [0.25, 0.3) is 0 Å². The Morgan fingerprint density at radius 2 is 1.90 bits per heavy atom. The molecule has 20 heavy (non-hydrogen) atoms. The summed E-state index contributed by atoms with van der Waals surface area (Å²) >= 11 is 2.34. The molecule has 0 saturated heterocycles. The van der Waals surface area contributed by atoms with Gasteiger partial charge in [0.05, 0.1) is 6.61 Å². The first kappa shape index (κ1) is 13.6. The third-order valence-corrected chi connectivity index (χ3v) is 4.30. The van der Waals surface area contributed by atoms with Crippen LogP contribution >= 0.6 is 22.6 Å². The Morgan fingerprint density at radius 1 is 1.10 bits per heavy atom. The summed E-state index contributed by atoms with van der Waals surface area (Å²) in [6, 6.07) is 16.3. The molecule has 0 N–H and O–H groups in total. The van der Waals surface area contributed by atoms with Crippen molar-refractivity contribution in [3.05, 3.63) is 75.4 Å². The lowest BCUT2D eigenvalue weighted by molar-refractivity contribution is 0.0709. The van der Waals surface area contributed by atoms with Gasteiger partial charge in [-0.15, -0.1) is 0 Å². The lowest BCUT2D eigenvalue weighted by Crippen LogP contribution is -2.03. The van der Waals surface area contributed by atoms with E-state index in [0.29, 0.717) is 13.2 Å². The molecule has 0 aromatic heterocycles. The Labute approximate surface area is 132 Å². The van der Waals surface area contributed by atoms with Gasteiger partial charge in [0.25, 0.3) is 0 Å². The fourth-order valence-electron chi connectivity index (χ4n) is 2.21. The van der Waals surface area contributed by atoms with Crippen LogP contribution in [0.15, 0.2) is 60.7 Å². The monoisotopic (exact) mass is 378 g/mol. The van der Waals surface area contributed by atoms with Crippen molar-refractivity contribution in [2.75, 3.05) is 6.61 Å². The van der Waals surface area contributed by atoms with Crippen molar-refractivity contribution in [1.29, 1.82) is 0 Å². The van der Waals surface area contributed by atoms with E-state index in [0.717, 1.165) is 11.3 Å². The zero-order valence-electron chi connectivity index (χ0n) is 11.0. The number of para-hydroxylation sites is 1. The average molecular weight is 378 g/mol. The van der Waals surface area contributed by atoms with Gasteiger partial charge in [-0.25, -0.2) is 0 Å². The van der Waals surface area contributed by atoms with Gasteiger partial charge >= 0.3 is 0 Å². The molecule has 2 aromatic rings. The number of benzene rings is 2. The van der Waals surface area contributed by atoms with Crippen LogP contribution in [0.2, 0.25) is 0 Å². The number of hydrogen-bond donors (Lipinski definition) is 0. The standard InChI is InChI=1S/C17H15IO2/c18-15-8-3-1-6-13(15)12-20-17-10-5-11-19-16-9-4-2-7-14(16)17/h1-10,17H,11-12H2. The first-order valence-electron chi connectivity index (χ1n) is 6.58. The maximum absolute atomic E-state index is 6.08.